The normalized spacial score (nSPS) is 11.6. The summed E-state index contributed by atoms with van der Waals surface area (Å²) in [5, 5.41) is 9.64. The molecule has 0 aliphatic rings. The Hall–Kier alpha value is -7.36. The van der Waals surface area contributed by atoms with Crippen LogP contribution in [0.5, 0.6) is 0 Å². The number of aromatic nitrogens is 2. The van der Waals surface area contributed by atoms with Gasteiger partial charge in [0.05, 0.1) is 11.4 Å². The van der Waals surface area contributed by atoms with Crippen molar-refractivity contribution in [3.8, 4) is 56.2 Å². The summed E-state index contributed by atoms with van der Waals surface area (Å²) in [4.78, 5) is 10.5. The first-order chi connectivity index (χ1) is 27.2. The van der Waals surface area contributed by atoms with Crippen molar-refractivity contribution in [2.24, 2.45) is 0 Å². The highest BCUT2D eigenvalue weighted by Crippen LogP contribution is 2.41. The average Bonchev–Trinajstić information content (AvgIpc) is 3.65. The van der Waals surface area contributed by atoms with E-state index in [0.29, 0.717) is 5.82 Å². The summed E-state index contributed by atoms with van der Waals surface area (Å²) in [6.07, 6.45) is 0. The molecule has 0 unspecified atom stereocenters. The summed E-state index contributed by atoms with van der Waals surface area (Å²) in [5.41, 5.74) is 11.0. The van der Waals surface area contributed by atoms with Gasteiger partial charge in [-0.25, -0.2) is 9.97 Å². The average molecular weight is 701 g/mol. The Morgan fingerprint density at radius 1 is 0.291 bits per heavy atom. The Balaban J connectivity index is 1.08. The Kier molecular flexibility index (Phi) is 7.17. The molecule has 0 N–H and O–H groups in total. The van der Waals surface area contributed by atoms with E-state index in [4.69, 9.17) is 14.4 Å². The summed E-state index contributed by atoms with van der Waals surface area (Å²) in [6, 6.07) is 68.5. The van der Waals surface area contributed by atoms with E-state index in [9.17, 15) is 0 Å². The third kappa shape index (κ3) is 5.28. The maximum atomic E-state index is 6.51. The van der Waals surface area contributed by atoms with E-state index in [-0.39, 0.29) is 0 Å². The van der Waals surface area contributed by atoms with Crippen molar-refractivity contribution in [1.82, 2.24) is 9.97 Å². The van der Waals surface area contributed by atoms with Crippen molar-refractivity contribution >= 4 is 54.3 Å². The summed E-state index contributed by atoms with van der Waals surface area (Å²) < 4.78 is 6.51. The van der Waals surface area contributed by atoms with Crippen LogP contribution in [0.3, 0.4) is 0 Å². The van der Waals surface area contributed by atoms with E-state index >= 15 is 0 Å². The van der Waals surface area contributed by atoms with Crippen LogP contribution in [0.15, 0.2) is 199 Å². The zero-order valence-corrected chi connectivity index (χ0v) is 29.8. The molecule has 0 fully saturated rings. The molecule has 0 saturated heterocycles. The molecule has 9 aromatic carbocycles. The molecule has 0 atom stereocenters. The molecule has 0 aliphatic heterocycles. The molecule has 2 aromatic heterocycles. The number of nitrogens with zero attached hydrogens (tertiary/aromatic N) is 2. The maximum Gasteiger partial charge on any atom is 0.161 e. The fourth-order valence-electron chi connectivity index (χ4n) is 8.22. The molecule has 0 spiro atoms. The van der Waals surface area contributed by atoms with Crippen LogP contribution in [0.2, 0.25) is 0 Å². The quantitative estimate of drug-likeness (QED) is 0.168. The molecule has 0 aliphatic carbocycles. The molecule has 11 rings (SSSR count). The predicted octanol–water partition coefficient (Wildman–Crippen LogP) is 14.2. The van der Waals surface area contributed by atoms with Crippen LogP contribution in [0, 0.1) is 0 Å². The van der Waals surface area contributed by atoms with E-state index in [1.54, 1.807) is 0 Å². The summed E-state index contributed by atoms with van der Waals surface area (Å²) in [6.45, 7) is 0. The molecule has 3 nitrogen and oxygen atoms in total. The summed E-state index contributed by atoms with van der Waals surface area (Å²) in [7, 11) is 0. The van der Waals surface area contributed by atoms with E-state index in [1.165, 1.54) is 43.4 Å². The standard InChI is InChI=1S/C52H32N2O/c1-3-12-33(13-4-1)34-22-24-36(25-23-34)48-32-47(35-14-5-2-6-15-35)53-52(54-48)44-20-11-21-50-51(44)46-31-38(27-29-49(46)55-50)37-26-28-43-41-18-8-7-16-39(41)40-17-9-10-19-42(40)45(43)30-37/h1-32H. The third-order valence-corrected chi connectivity index (χ3v) is 10.9. The number of fused-ring (bicyclic) bond motifs is 9. The molecule has 0 saturated carbocycles. The molecule has 256 valence electrons. The minimum Gasteiger partial charge on any atom is -0.456 e. The van der Waals surface area contributed by atoms with Gasteiger partial charge in [-0.2, -0.15) is 0 Å². The fourth-order valence-corrected chi connectivity index (χ4v) is 8.22. The fraction of sp³-hybridized carbons (Fsp3) is 0. The van der Waals surface area contributed by atoms with Gasteiger partial charge in [0.15, 0.2) is 5.82 Å². The maximum absolute atomic E-state index is 6.51. The lowest BCUT2D eigenvalue weighted by atomic mass is 9.92. The van der Waals surface area contributed by atoms with Gasteiger partial charge in [-0.1, -0.05) is 164 Å². The van der Waals surface area contributed by atoms with Crippen LogP contribution < -0.4 is 0 Å². The van der Waals surface area contributed by atoms with Crippen molar-refractivity contribution in [2.45, 2.75) is 0 Å². The molecular weight excluding hydrogens is 669 g/mol. The van der Waals surface area contributed by atoms with Crippen LogP contribution in [-0.4, -0.2) is 9.97 Å². The van der Waals surface area contributed by atoms with Gasteiger partial charge in [-0.15, -0.1) is 0 Å². The van der Waals surface area contributed by atoms with Gasteiger partial charge in [0.1, 0.15) is 11.2 Å². The first-order valence-corrected chi connectivity index (χ1v) is 18.6. The predicted molar refractivity (Wildman–Crippen MR) is 229 cm³/mol. The van der Waals surface area contributed by atoms with Gasteiger partial charge in [0.2, 0.25) is 0 Å². The van der Waals surface area contributed by atoms with E-state index < -0.39 is 0 Å². The minimum absolute atomic E-state index is 0.659. The molecule has 2 heterocycles. The van der Waals surface area contributed by atoms with Gasteiger partial charge >= 0.3 is 0 Å². The van der Waals surface area contributed by atoms with Crippen LogP contribution in [0.25, 0.3) is 110 Å². The molecule has 3 heteroatoms. The molecule has 11 aromatic rings. The van der Waals surface area contributed by atoms with Gasteiger partial charge in [-0.05, 0) is 84.9 Å². The molecule has 0 bridgehead atoms. The molecular formula is C52H32N2O. The highest BCUT2D eigenvalue weighted by molar-refractivity contribution is 6.26. The van der Waals surface area contributed by atoms with E-state index in [2.05, 4.69) is 170 Å². The Morgan fingerprint density at radius 3 is 1.42 bits per heavy atom. The zero-order chi connectivity index (χ0) is 36.3. The lowest BCUT2D eigenvalue weighted by molar-refractivity contribution is 0.669. The highest BCUT2D eigenvalue weighted by atomic mass is 16.3. The van der Waals surface area contributed by atoms with Gasteiger partial charge in [0.25, 0.3) is 0 Å². The number of hydrogen-bond acceptors (Lipinski definition) is 3. The molecule has 0 amide bonds. The Morgan fingerprint density at radius 2 is 0.764 bits per heavy atom. The number of benzene rings is 9. The van der Waals surface area contributed by atoms with Crippen molar-refractivity contribution in [2.75, 3.05) is 0 Å². The summed E-state index contributed by atoms with van der Waals surface area (Å²) >= 11 is 0. The zero-order valence-electron chi connectivity index (χ0n) is 29.8. The lowest BCUT2D eigenvalue weighted by Gasteiger charge is -2.12. The van der Waals surface area contributed by atoms with Gasteiger partial charge < -0.3 is 4.42 Å². The number of furan rings is 1. The highest BCUT2D eigenvalue weighted by Gasteiger charge is 2.18. The lowest BCUT2D eigenvalue weighted by Crippen LogP contribution is -1.96. The van der Waals surface area contributed by atoms with Crippen LogP contribution in [0.1, 0.15) is 0 Å². The van der Waals surface area contributed by atoms with Crippen LogP contribution in [-0.2, 0) is 0 Å². The minimum atomic E-state index is 0.659. The monoisotopic (exact) mass is 700 g/mol. The topological polar surface area (TPSA) is 38.9 Å². The van der Waals surface area contributed by atoms with Crippen LogP contribution in [0.4, 0.5) is 0 Å². The Labute approximate surface area is 317 Å². The van der Waals surface area contributed by atoms with Gasteiger partial charge in [0, 0.05) is 27.5 Å². The third-order valence-electron chi connectivity index (χ3n) is 10.9. The molecule has 0 radical (unpaired) electrons. The van der Waals surface area contributed by atoms with Crippen molar-refractivity contribution in [3.05, 3.63) is 194 Å². The van der Waals surface area contributed by atoms with Gasteiger partial charge in [-0.3, -0.25) is 0 Å². The largest absolute Gasteiger partial charge is 0.456 e. The molecule has 55 heavy (non-hydrogen) atoms. The van der Waals surface area contributed by atoms with Crippen molar-refractivity contribution in [1.29, 1.82) is 0 Å². The summed E-state index contributed by atoms with van der Waals surface area (Å²) in [5.74, 6) is 0.659. The van der Waals surface area contributed by atoms with Crippen molar-refractivity contribution in [3.63, 3.8) is 0 Å². The van der Waals surface area contributed by atoms with E-state index in [1.807, 2.05) is 24.3 Å². The second-order valence-electron chi connectivity index (χ2n) is 14.1. The smallest absolute Gasteiger partial charge is 0.161 e. The Bertz CT molecular complexity index is 3200. The van der Waals surface area contributed by atoms with Crippen LogP contribution >= 0.6 is 0 Å². The number of hydrogen-bond donors (Lipinski definition) is 0. The first kappa shape index (κ1) is 31.2. The SMILES string of the molecule is c1ccc(-c2ccc(-c3cc(-c4ccccc4)nc(-c4cccc5oc6ccc(-c7ccc8c9ccccc9c9ccccc9c8c7)cc6c45)n3)cc2)cc1. The second kappa shape index (κ2) is 12.6. The second-order valence-corrected chi connectivity index (χ2v) is 14.1. The van der Waals surface area contributed by atoms with E-state index in [0.717, 1.165) is 61.1 Å². The number of rotatable bonds is 5. The van der Waals surface area contributed by atoms with Crippen molar-refractivity contribution < 1.29 is 4.42 Å². The first-order valence-electron chi connectivity index (χ1n) is 18.6.